The molecular formula is C16H17NO4. The standard InChI is InChI=1S/C16H17NO4/c1-10-8-14(11(2)21-10)15(18)17-9-12-4-6-13(7-5-12)16(19)20-3/h4-8H,9H2,1-3H3,(H,17,18). The Balaban J connectivity index is 1.98. The Labute approximate surface area is 122 Å². The summed E-state index contributed by atoms with van der Waals surface area (Å²) in [5, 5.41) is 2.82. The van der Waals surface area contributed by atoms with Crippen LogP contribution in [0, 0.1) is 13.8 Å². The molecule has 0 fully saturated rings. The van der Waals surface area contributed by atoms with E-state index in [1.54, 1.807) is 44.2 Å². The molecule has 0 unspecified atom stereocenters. The zero-order valence-corrected chi connectivity index (χ0v) is 12.2. The molecule has 21 heavy (non-hydrogen) atoms. The van der Waals surface area contributed by atoms with Crippen LogP contribution < -0.4 is 5.32 Å². The molecule has 0 bridgehead atoms. The van der Waals surface area contributed by atoms with E-state index in [9.17, 15) is 9.59 Å². The van der Waals surface area contributed by atoms with Crippen LogP contribution in [0.5, 0.6) is 0 Å². The van der Waals surface area contributed by atoms with E-state index >= 15 is 0 Å². The third kappa shape index (κ3) is 3.51. The second-order valence-electron chi connectivity index (χ2n) is 4.70. The Morgan fingerprint density at radius 2 is 1.86 bits per heavy atom. The first-order valence-electron chi connectivity index (χ1n) is 6.53. The normalized spacial score (nSPS) is 10.2. The van der Waals surface area contributed by atoms with Gasteiger partial charge in [0.25, 0.3) is 5.91 Å². The third-order valence-electron chi connectivity index (χ3n) is 3.11. The highest BCUT2D eigenvalue weighted by molar-refractivity contribution is 5.95. The van der Waals surface area contributed by atoms with Crippen LogP contribution in [0.25, 0.3) is 0 Å². The highest BCUT2D eigenvalue weighted by atomic mass is 16.5. The van der Waals surface area contributed by atoms with Gasteiger partial charge in [0.2, 0.25) is 0 Å². The predicted octanol–water partition coefficient (Wildman–Crippen LogP) is 2.61. The zero-order valence-electron chi connectivity index (χ0n) is 12.2. The number of carbonyl (C=O) groups is 2. The molecule has 0 saturated carbocycles. The molecule has 1 heterocycles. The number of carbonyl (C=O) groups excluding carboxylic acids is 2. The van der Waals surface area contributed by atoms with Gasteiger partial charge in [0, 0.05) is 6.54 Å². The highest BCUT2D eigenvalue weighted by Crippen LogP contribution is 2.13. The summed E-state index contributed by atoms with van der Waals surface area (Å²) < 4.78 is 9.96. The quantitative estimate of drug-likeness (QED) is 0.878. The van der Waals surface area contributed by atoms with Crippen molar-refractivity contribution in [1.82, 2.24) is 5.32 Å². The van der Waals surface area contributed by atoms with Gasteiger partial charge in [0.05, 0.1) is 18.2 Å². The molecule has 5 nitrogen and oxygen atoms in total. The lowest BCUT2D eigenvalue weighted by Gasteiger charge is -2.05. The topological polar surface area (TPSA) is 68.5 Å². The largest absolute Gasteiger partial charge is 0.466 e. The molecule has 5 heteroatoms. The van der Waals surface area contributed by atoms with Gasteiger partial charge < -0.3 is 14.5 Å². The number of hydrogen-bond acceptors (Lipinski definition) is 4. The Hall–Kier alpha value is -2.56. The SMILES string of the molecule is COC(=O)c1ccc(CNC(=O)c2cc(C)oc2C)cc1. The van der Waals surface area contributed by atoms with Crippen molar-refractivity contribution >= 4 is 11.9 Å². The minimum absolute atomic E-state index is 0.179. The van der Waals surface area contributed by atoms with E-state index in [0.29, 0.717) is 29.2 Å². The maximum atomic E-state index is 12.0. The van der Waals surface area contributed by atoms with Crippen LogP contribution in [0.4, 0.5) is 0 Å². The van der Waals surface area contributed by atoms with Crippen molar-refractivity contribution in [3.63, 3.8) is 0 Å². The molecular weight excluding hydrogens is 270 g/mol. The molecule has 0 spiro atoms. The molecule has 0 aliphatic rings. The van der Waals surface area contributed by atoms with Crippen LogP contribution in [0.2, 0.25) is 0 Å². The molecule has 2 aromatic rings. The van der Waals surface area contributed by atoms with Gasteiger partial charge in [-0.1, -0.05) is 12.1 Å². The molecule has 0 aliphatic carbocycles. The van der Waals surface area contributed by atoms with Crippen LogP contribution in [-0.2, 0) is 11.3 Å². The van der Waals surface area contributed by atoms with Gasteiger partial charge in [-0.15, -0.1) is 0 Å². The van der Waals surface area contributed by atoms with Crippen molar-refractivity contribution in [3.05, 3.63) is 58.5 Å². The van der Waals surface area contributed by atoms with E-state index in [-0.39, 0.29) is 11.9 Å². The van der Waals surface area contributed by atoms with E-state index in [2.05, 4.69) is 10.1 Å². The molecule has 0 atom stereocenters. The summed E-state index contributed by atoms with van der Waals surface area (Å²) in [6.45, 7) is 3.94. The number of methoxy groups -OCH3 is 1. The van der Waals surface area contributed by atoms with E-state index in [4.69, 9.17) is 4.42 Å². The number of aryl methyl sites for hydroxylation is 2. The Bertz CT molecular complexity index is 655. The number of hydrogen-bond donors (Lipinski definition) is 1. The van der Waals surface area contributed by atoms with Crippen LogP contribution in [0.3, 0.4) is 0 Å². The second-order valence-corrected chi connectivity index (χ2v) is 4.70. The predicted molar refractivity (Wildman–Crippen MR) is 77.1 cm³/mol. The molecule has 1 aromatic carbocycles. The van der Waals surface area contributed by atoms with E-state index in [1.807, 2.05) is 0 Å². The number of rotatable bonds is 4. The van der Waals surface area contributed by atoms with Gasteiger partial charge in [-0.2, -0.15) is 0 Å². The van der Waals surface area contributed by atoms with Gasteiger partial charge in [-0.25, -0.2) is 4.79 Å². The monoisotopic (exact) mass is 287 g/mol. The highest BCUT2D eigenvalue weighted by Gasteiger charge is 2.13. The van der Waals surface area contributed by atoms with E-state index < -0.39 is 0 Å². The molecule has 1 amide bonds. The van der Waals surface area contributed by atoms with E-state index in [0.717, 1.165) is 5.56 Å². The fraction of sp³-hybridized carbons (Fsp3) is 0.250. The smallest absolute Gasteiger partial charge is 0.337 e. The second kappa shape index (κ2) is 6.26. The summed E-state index contributed by atoms with van der Waals surface area (Å²) in [6.07, 6.45) is 0. The third-order valence-corrected chi connectivity index (χ3v) is 3.11. The lowest BCUT2D eigenvalue weighted by molar-refractivity contribution is 0.0600. The average molecular weight is 287 g/mol. The number of esters is 1. The number of nitrogens with one attached hydrogen (secondary N) is 1. The van der Waals surface area contributed by atoms with Gasteiger partial charge in [-0.05, 0) is 37.6 Å². The maximum Gasteiger partial charge on any atom is 0.337 e. The summed E-state index contributed by atoms with van der Waals surface area (Å²) in [5.41, 5.74) is 1.92. The van der Waals surface area contributed by atoms with Gasteiger partial charge in [0.15, 0.2) is 0 Å². The molecule has 110 valence electrons. The average Bonchev–Trinajstić information content (AvgIpc) is 2.83. The number of ether oxygens (including phenoxy) is 1. The van der Waals surface area contributed by atoms with Crippen LogP contribution >= 0.6 is 0 Å². The zero-order chi connectivity index (χ0) is 15.4. The molecule has 1 aromatic heterocycles. The first-order valence-corrected chi connectivity index (χ1v) is 6.53. The molecule has 0 aliphatic heterocycles. The lowest BCUT2D eigenvalue weighted by atomic mass is 10.1. The summed E-state index contributed by atoms with van der Waals surface area (Å²) >= 11 is 0. The van der Waals surface area contributed by atoms with Crippen molar-refractivity contribution in [1.29, 1.82) is 0 Å². The van der Waals surface area contributed by atoms with Crippen molar-refractivity contribution in [2.24, 2.45) is 0 Å². The number of benzene rings is 1. The van der Waals surface area contributed by atoms with Crippen molar-refractivity contribution in [3.8, 4) is 0 Å². The summed E-state index contributed by atoms with van der Waals surface area (Å²) in [7, 11) is 1.34. The lowest BCUT2D eigenvalue weighted by Crippen LogP contribution is -2.23. The van der Waals surface area contributed by atoms with Crippen molar-refractivity contribution in [2.45, 2.75) is 20.4 Å². The van der Waals surface area contributed by atoms with Crippen LogP contribution in [0.15, 0.2) is 34.7 Å². The Kier molecular flexibility index (Phi) is 4.42. The molecule has 2 rings (SSSR count). The maximum absolute atomic E-state index is 12.0. The first kappa shape index (κ1) is 14.8. The molecule has 1 N–H and O–H groups in total. The fourth-order valence-corrected chi connectivity index (χ4v) is 2.01. The first-order chi connectivity index (χ1) is 10.0. The number of furan rings is 1. The van der Waals surface area contributed by atoms with Crippen molar-refractivity contribution in [2.75, 3.05) is 7.11 Å². The fourth-order valence-electron chi connectivity index (χ4n) is 2.01. The number of amides is 1. The van der Waals surface area contributed by atoms with E-state index in [1.165, 1.54) is 7.11 Å². The van der Waals surface area contributed by atoms with Crippen LogP contribution in [0.1, 0.15) is 37.8 Å². The minimum atomic E-state index is -0.380. The Morgan fingerprint density at radius 3 is 2.38 bits per heavy atom. The van der Waals surface area contributed by atoms with Crippen LogP contribution in [-0.4, -0.2) is 19.0 Å². The summed E-state index contributed by atoms with van der Waals surface area (Å²) in [4.78, 5) is 23.3. The van der Waals surface area contributed by atoms with Gasteiger partial charge in [-0.3, -0.25) is 4.79 Å². The summed E-state index contributed by atoms with van der Waals surface area (Å²) in [6, 6.07) is 8.60. The van der Waals surface area contributed by atoms with Crippen molar-refractivity contribution < 1.29 is 18.7 Å². The Morgan fingerprint density at radius 1 is 1.19 bits per heavy atom. The van der Waals surface area contributed by atoms with Gasteiger partial charge in [0.1, 0.15) is 11.5 Å². The minimum Gasteiger partial charge on any atom is -0.466 e. The molecule has 0 radical (unpaired) electrons. The summed E-state index contributed by atoms with van der Waals surface area (Å²) in [5.74, 6) is 0.752. The molecule has 0 saturated heterocycles. The van der Waals surface area contributed by atoms with Gasteiger partial charge >= 0.3 is 5.97 Å².